The molecule has 0 bridgehead atoms. The molecule has 0 aromatic heterocycles. The van der Waals surface area contributed by atoms with E-state index in [0.717, 1.165) is 37.2 Å². The van der Waals surface area contributed by atoms with Crippen LogP contribution in [0, 0.1) is 5.92 Å². The Kier molecular flexibility index (Phi) is 4.83. The lowest BCUT2D eigenvalue weighted by Crippen LogP contribution is -2.53. The third kappa shape index (κ3) is 3.10. The second kappa shape index (κ2) is 6.21. The van der Waals surface area contributed by atoms with Gasteiger partial charge in [0.25, 0.3) is 0 Å². The molecule has 0 aliphatic heterocycles. The van der Waals surface area contributed by atoms with Gasteiger partial charge in [0, 0.05) is 0 Å². The van der Waals surface area contributed by atoms with Crippen molar-refractivity contribution in [1.82, 2.24) is 4.90 Å². The molecule has 0 atom stereocenters. The molecule has 2 nitrogen and oxygen atoms in total. The lowest BCUT2D eigenvalue weighted by molar-refractivity contribution is -0.128. The molecule has 0 saturated heterocycles. The molecule has 0 amide bonds. The Morgan fingerprint density at radius 2 is 1.89 bits per heavy atom. The number of nitrogens with zero attached hydrogens (tertiary/aromatic N) is 1. The smallest absolute Gasteiger partial charge is 0.178 e. The summed E-state index contributed by atoms with van der Waals surface area (Å²) in [5.41, 5.74) is 0.920. The molecule has 0 spiro atoms. The standard InChI is InChI=1S/C17H29NO/c1-14-10-12-17(13-11-14,18(2)3)16(19)15-8-6-4-5-7-9-15/h8,14H,4-7,9-13H2,1-3H3. The maximum absolute atomic E-state index is 13.1. The Morgan fingerprint density at radius 1 is 1.21 bits per heavy atom. The van der Waals surface area contributed by atoms with E-state index in [0.29, 0.717) is 5.78 Å². The SMILES string of the molecule is CC1CCC(C(=O)C2=CCCCCC2)(N(C)C)CC1. The first-order valence-electron chi connectivity index (χ1n) is 7.97. The Balaban J connectivity index is 2.19. The summed E-state index contributed by atoms with van der Waals surface area (Å²) in [6.45, 7) is 2.31. The summed E-state index contributed by atoms with van der Waals surface area (Å²) < 4.78 is 0. The molecular formula is C17H29NO. The highest BCUT2D eigenvalue weighted by Crippen LogP contribution is 2.38. The molecule has 0 heterocycles. The highest BCUT2D eigenvalue weighted by atomic mass is 16.1. The van der Waals surface area contributed by atoms with Gasteiger partial charge in [-0.3, -0.25) is 9.69 Å². The van der Waals surface area contributed by atoms with Crippen LogP contribution in [0.2, 0.25) is 0 Å². The molecule has 19 heavy (non-hydrogen) atoms. The number of likely N-dealkylation sites (N-methyl/N-ethyl adjacent to an activating group) is 1. The number of Topliss-reactive ketones (excluding diaryl/α,β-unsaturated/α-hetero) is 1. The van der Waals surface area contributed by atoms with Gasteiger partial charge in [0.15, 0.2) is 5.78 Å². The van der Waals surface area contributed by atoms with Crippen LogP contribution >= 0.6 is 0 Å². The number of carbonyl (C=O) groups excluding carboxylic acids is 1. The molecule has 2 aliphatic carbocycles. The van der Waals surface area contributed by atoms with Crippen molar-refractivity contribution in [2.24, 2.45) is 5.92 Å². The van der Waals surface area contributed by atoms with Gasteiger partial charge < -0.3 is 0 Å². The summed E-state index contributed by atoms with van der Waals surface area (Å²) in [7, 11) is 4.18. The fraction of sp³-hybridized carbons (Fsp3) is 0.824. The number of hydrogen-bond donors (Lipinski definition) is 0. The van der Waals surface area contributed by atoms with Crippen molar-refractivity contribution in [3.63, 3.8) is 0 Å². The van der Waals surface area contributed by atoms with Gasteiger partial charge in [-0.1, -0.05) is 19.4 Å². The fourth-order valence-corrected chi connectivity index (χ4v) is 3.64. The zero-order chi connectivity index (χ0) is 13.9. The van der Waals surface area contributed by atoms with Crippen LogP contribution in [0.5, 0.6) is 0 Å². The molecule has 108 valence electrons. The average Bonchev–Trinajstić information content (AvgIpc) is 2.67. The van der Waals surface area contributed by atoms with Crippen LogP contribution in [-0.4, -0.2) is 30.3 Å². The summed E-state index contributed by atoms with van der Waals surface area (Å²) in [6.07, 6.45) is 12.5. The second-order valence-electron chi connectivity index (χ2n) is 6.77. The van der Waals surface area contributed by atoms with E-state index >= 15 is 0 Å². The first kappa shape index (κ1) is 14.8. The minimum absolute atomic E-state index is 0.206. The molecule has 0 unspecified atom stereocenters. The summed E-state index contributed by atoms with van der Waals surface area (Å²) >= 11 is 0. The van der Waals surface area contributed by atoms with Gasteiger partial charge >= 0.3 is 0 Å². The van der Waals surface area contributed by atoms with E-state index in [2.05, 4.69) is 32.0 Å². The summed E-state index contributed by atoms with van der Waals surface area (Å²) in [5.74, 6) is 1.22. The fourth-order valence-electron chi connectivity index (χ4n) is 3.64. The topological polar surface area (TPSA) is 20.3 Å². The summed E-state index contributed by atoms with van der Waals surface area (Å²) in [5, 5.41) is 0. The zero-order valence-electron chi connectivity index (χ0n) is 12.9. The van der Waals surface area contributed by atoms with E-state index in [1.165, 1.54) is 32.1 Å². The molecular weight excluding hydrogens is 234 g/mol. The van der Waals surface area contributed by atoms with Crippen LogP contribution < -0.4 is 0 Å². The largest absolute Gasteiger partial charge is 0.297 e. The van der Waals surface area contributed by atoms with Gasteiger partial charge in [0.2, 0.25) is 0 Å². The minimum Gasteiger partial charge on any atom is -0.297 e. The van der Waals surface area contributed by atoms with Crippen molar-refractivity contribution >= 4 is 5.78 Å². The van der Waals surface area contributed by atoms with E-state index < -0.39 is 0 Å². The van der Waals surface area contributed by atoms with Crippen molar-refractivity contribution in [2.45, 2.75) is 70.3 Å². The van der Waals surface area contributed by atoms with Gasteiger partial charge in [-0.25, -0.2) is 0 Å². The van der Waals surface area contributed by atoms with Crippen molar-refractivity contribution in [3.05, 3.63) is 11.6 Å². The summed E-state index contributed by atoms with van der Waals surface area (Å²) in [4.78, 5) is 15.3. The first-order chi connectivity index (χ1) is 9.06. The summed E-state index contributed by atoms with van der Waals surface area (Å²) in [6, 6.07) is 0. The maximum atomic E-state index is 13.1. The molecule has 1 fully saturated rings. The van der Waals surface area contributed by atoms with Gasteiger partial charge in [0.05, 0.1) is 5.54 Å². The Bertz CT molecular complexity index is 348. The average molecular weight is 263 g/mol. The maximum Gasteiger partial charge on any atom is 0.178 e. The van der Waals surface area contributed by atoms with Crippen LogP contribution in [0.1, 0.15) is 64.7 Å². The highest BCUT2D eigenvalue weighted by molar-refractivity contribution is 6.02. The quantitative estimate of drug-likeness (QED) is 0.768. The molecule has 2 rings (SSSR count). The van der Waals surface area contributed by atoms with Crippen LogP contribution in [0.25, 0.3) is 0 Å². The molecule has 0 aromatic carbocycles. The van der Waals surface area contributed by atoms with E-state index in [-0.39, 0.29) is 5.54 Å². The van der Waals surface area contributed by atoms with E-state index in [4.69, 9.17) is 0 Å². The Labute approximate surface area is 118 Å². The van der Waals surface area contributed by atoms with Gasteiger partial charge in [0.1, 0.15) is 0 Å². The van der Waals surface area contributed by atoms with Gasteiger partial charge in [-0.2, -0.15) is 0 Å². The minimum atomic E-state index is -0.206. The predicted molar refractivity (Wildman–Crippen MR) is 80.2 cm³/mol. The normalized spacial score (nSPS) is 32.8. The number of ketones is 1. The van der Waals surface area contributed by atoms with Gasteiger partial charge in [-0.15, -0.1) is 0 Å². The van der Waals surface area contributed by atoms with Gasteiger partial charge in [-0.05, 0) is 77.0 Å². The lowest BCUT2D eigenvalue weighted by Gasteiger charge is -2.43. The predicted octanol–water partition coefficient (Wildman–Crippen LogP) is 3.96. The molecule has 2 aliphatic rings. The molecule has 1 saturated carbocycles. The number of hydrogen-bond acceptors (Lipinski definition) is 2. The van der Waals surface area contributed by atoms with Crippen molar-refractivity contribution in [2.75, 3.05) is 14.1 Å². The molecule has 0 radical (unpaired) electrons. The van der Waals surface area contributed by atoms with E-state index in [1.54, 1.807) is 0 Å². The van der Waals surface area contributed by atoms with Crippen LogP contribution in [-0.2, 0) is 4.79 Å². The third-order valence-electron chi connectivity index (χ3n) is 5.21. The van der Waals surface area contributed by atoms with Crippen molar-refractivity contribution in [3.8, 4) is 0 Å². The molecule has 0 aromatic rings. The van der Waals surface area contributed by atoms with E-state index in [1.807, 2.05) is 0 Å². The number of allylic oxidation sites excluding steroid dienone is 1. The number of carbonyl (C=O) groups is 1. The lowest BCUT2D eigenvalue weighted by atomic mass is 9.72. The van der Waals surface area contributed by atoms with Crippen molar-refractivity contribution in [1.29, 1.82) is 0 Å². The first-order valence-corrected chi connectivity index (χ1v) is 7.97. The number of rotatable bonds is 3. The zero-order valence-corrected chi connectivity index (χ0v) is 12.9. The monoisotopic (exact) mass is 263 g/mol. The van der Waals surface area contributed by atoms with Crippen LogP contribution in [0.15, 0.2) is 11.6 Å². The van der Waals surface area contributed by atoms with Crippen LogP contribution in [0.3, 0.4) is 0 Å². The highest BCUT2D eigenvalue weighted by Gasteiger charge is 2.43. The van der Waals surface area contributed by atoms with Crippen molar-refractivity contribution < 1.29 is 4.79 Å². The molecule has 0 N–H and O–H groups in total. The van der Waals surface area contributed by atoms with Crippen LogP contribution in [0.4, 0.5) is 0 Å². The van der Waals surface area contributed by atoms with E-state index in [9.17, 15) is 4.79 Å². The Hall–Kier alpha value is -0.630. The third-order valence-corrected chi connectivity index (χ3v) is 5.21. The molecule has 2 heteroatoms. The second-order valence-corrected chi connectivity index (χ2v) is 6.77. The Morgan fingerprint density at radius 3 is 2.53 bits per heavy atom.